The monoisotopic (exact) mass is 236 g/mol. The lowest BCUT2D eigenvalue weighted by Gasteiger charge is -2.44. The zero-order valence-electron chi connectivity index (χ0n) is 11.4. The van der Waals surface area contributed by atoms with Crippen molar-refractivity contribution in [1.82, 2.24) is 9.78 Å². The summed E-state index contributed by atoms with van der Waals surface area (Å²) in [5.41, 5.74) is 0.832. The minimum absolute atomic E-state index is 0.245. The normalized spacial score (nSPS) is 32.6. The first kappa shape index (κ1) is 12.6. The van der Waals surface area contributed by atoms with Gasteiger partial charge in [-0.05, 0) is 36.2 Å². The van der Waals surface area contributed by atoms with Crippen LogP contribution in [0.25, 0.3) is 0 Å². The maximum Gasteiger partial charge on any atom is 0.0696 e. The molecule has 3 nitrogen and oxygen atoms in total. The van der Waals surface area contributed by atoms with Gasteiger partial charge in [-0.2, -0.15) is 5.10 Å². The van der Waals surface area contributed by atoms with Gasteiger partial charge in [0.25, 0.3) is 0 Å². The molecule has 1 N–H and O–H groups in total. The van der Waals surface area contributed by atoms with Crippen LogP contribution in [0.3, 0.4) is 0 Å². The van der Waals surface area contributed by atoms with Crippen LogP contribution < -0.4 is 0 Å². The number of rotatable bonds is 2. The predicted molar refractivity (Wildman–Crippen MR) is 68.7 cm³/mol. The van der Waals surface area contributed by atoms with Gasteiger partial charge in [0, 0.05) is 19.7 Å². The number of aromatic nitrogens is 2. The van der Waals surface area contributed by atoms with Crippen LogP contribution in [0.15, 0.2) is 12.4 Å². The van der Waals surface area contributed by atoms with Crippen LogP contribution in [0.1, 0.15) is 45.6 Å². The third-order valence-corrected chi connectivity index (χ3v) is 3.73. The highest BCUT2D eigenvalue weighted by Gasteiger charge is 2.41. The highest BCUT2D eigenvalue weighted by molar-refractivity contribution is 5.10. The fourth-order valence-corrected chi connectivity index (χ4v) is 3.78. The van der Waals surface area contributed by atoms with E-state index >= 15 is 0 Å². The van der Waals surface area contributed by atoms with Crippen LogP contribution in [-0.2, 0) is 13.5 Å². The van der Waals surface area contributed by atoms with Gasteiger partial charge in [-0.1, -0.05) is 20.8 Å². The average Bonchev–Trinajstić information content (AvgIpc) is 2.44. The van der Waals surface area contributed by atoms with Crippen molar-refractivity contribution >= 4 is 0 Å². The van der Waals surface area contributed by atoms with Crippen molar-refractivity contribution in [3.63, 3.8) is 0 Å². The van der Waals surface area contributed by atoms with Crippen molar-refractivity contribution in [2.45, 2.75) is 52.1 Å². The number of hydrogen-bond acceptors (Lipinski definition) is 2. The van der Waals surface area contributed by atoms with Crippen LogP contribution in [0, 0.1) is 11.3 Å². The molecular weight excluding hydrogens is 212 g/mol. The van der Waals surface area contributed by atoms with Crippen LogP contribution in [-0.4, -0.2) is 20.5 Å². The minimum atomic E-state index is -0.551. The molecule has 1 saturated carbocycles. The van der Waals surface area contributed by atoms with E-state index in [0.29, 0.717) is 5.92 Å². The molecule has 2 atom stereocenters. The van der Waals surface area contributed by atoms with Crippen molar-refractivity contribution in [3.05, 3.63) is 18.0 Å². The van der Waals surface area contributed by atoms with Gasteiger partial charge in [-0.25, -0.2) is 0 Å². The average molecular weight is 236 g/mol. The van der Waals surface area contributed by atoms with E-state index in [-0.39, 0.29) is 5.41 Å². The highest BCUT2D eigenvalue weighted by atomic mass is 16.3. The van der Waals surface area contributed by atoms with E-state index in [9.17, 15) is 5.11 Å². The first-order valence-electron chi connectivity index (χ1n) is 6.48. The molecule has 0 bridgehead atoms. The second-order valence-corrected chi connectivity index (χ2v) is 6.78. The maximum absolute atomic E-state index is 10.8. The molecule has 96 valence electrons. The highest BCUT2D eigenvalue weighted by Crippen LogP contribution is 2.45. The topological polar surface area (TPSA) is 38.1 Å². The van der Waals surface area contributed by atoms with Gasteiger partial charge < -0.3 is 5.11 Å². The lowest BCUT2D eigenvalue weighted by atomic mass is 9.64. The van der Waals surface area contributed by atoms with Gasteiger partial charge in [0.15, 0.2) is 0 Å². The van der Waals surface area contributed by atoms with Gasteiger partial charge in [-0.15, -0.1) is 0 Å². The summed E-state index contributed by atoms with van der Waals surface area (Å²) in [7, 11) is 1.92. The molecule has 2 rings (SSSR count). The largest absolute Gasteiger partial charge is 0.390 e. The Hall–Kier alpha value is -0.830. The smallest absolute Gasteiger partial charge is 0.0696 e. The molecular formula is C14H24N2O. The van der Waals surface area contributed by atoms with E-state index in [2.05, 4.69) is 25.9 Å². The molecule has 0 saturated heterocycles. The second kappa shape index (κ2) is 4.13. The van der Waals surface area contributed by atoms with Crippen LogP contribution in [0.4, 0.5) is 0 Å². The van der Waals surface area contributed by atoms with Gasteiger partial charge >= 0.3 is 0 Å². The van der Waals surface area contributed by atoms with Crippen molar-refractivity contribution in [2.24, 2.45) is 18.4 Å². The Morgan fingerprint density at radius 2 is 2.18 bits per heavy atom. The minimum Gasteiger partial charge on any atom is -0.390 e. The van der Waals surface area contributed by atoms with E-state index in [1.165, 1.54) is 6.42 Å². The molecule has 1 aliphatic carbocycles. The molecule has 1 heterocycles. The Kier molecular flexibility index (Phi) is 3.06. The maximum atomic E-state index is 10.8. The summed E-state index contributed by atoms with van der Waals surface area (Å²) in [6.45, 7) is 6.77. The number of nitrogens with zero attached hydrogens (tertiary/aromatic N) is 2. The molecule has 1 aliphatic rings. The number of hydrogen-bond donors (Lipinski definition) is 1. The van der Waals surface area contributed by atoms with Gasteiger partial charge in [-0.3, -0.25) is 4.68 Å². The SMILES string of the molecule is CC1CC(C)(C)CC(O)(Cc2cnn(C)c2)C1. The first-order chi connectivity index (χ1) is 7.78. The summed E-state index contributed by atoms with van der Waals surface area (Å²) < 4.78 is 1.80. The van der Waals surface area contributed by atoms with E-state index in [4.69, 9.17) is 0 Å². The molecule has 0 amide bonds. The molecule has 0 aromatic carbocycles. The Balaban J connectivity index is 2.12. The van der Waals surface area contributed by atoms with Crippen molar-refractivity contribution in [3.8, 4) is 0 Å². The molecule has 0 aliphatic heterocycles. The fraction of sp³-hybridized carbons (Fsp3) is 0.786. The standard InChI is InChI=1S/C14H24N2O/c1-11-5-13(2,3)10-14(17,6-11)7-12-8-15-16(4)9-12/h8-9,11,17H,5-7,10H2,1-4H3. The third kappa shape index (κ3) is 3.09. The fourth-order valence-electron chi connectivity index (χ4n) is 3.78. The summed E-state index contributed by atoms with van der Waals surface area (Å²) in [4.78, 5) is 0. The molecule has 0 spiro atoms. The van der Waals surface area contributed by atoms with E-state index in [1.807, 2.05) is 19.4 Å². The Bertz CT molecular complexity index is 397. The van der Waals surface area contributed by atoms with Crippen LogP contribution in [0.5, 0.6) is 0 Å². The van der Waals surface area contributed by atoms with Gasteiger partial charge in [0.2, 0.25) is 0 Å². The Morgan fingerprint density at radius 1 is 1.47 bits per heavy atom. The zero-order valence-corrected chi connectivity index (χ0v) is 11.4. The second-order valence-electron chi connectivity index (χ2n) is 6.78. The van der Waals surface area contributed by atoms with E-state index in [1.54, 1.807) is 4.68 Å². The van der Waals surface area contributed by atoms with Crippen LogP contribution >= 0.6 is 0 Å². The van der Waals surface area contributed by atoms with Crippen LogP contribution in [0.2, 0.25) is 0 Å². The molecule has 1 aromatic heterocycles. The Labute approximate surface area is 104 Å². The zero-order chi connectivity index (χ0) is 12.7. The van der Waals surface area contributed by atoms with Crippen molar-refractivity contribution in [2.75, 3.05) is 0 Å². The lowest BCUT2D eigenvalue weighted by molar-refractivity contribution is -0.0574. The first-order valence-corrected chi connectivity index (χ1v) is 6.48. The number of aryl methyl sites for hydroxylation is 1. The summed E-state index contributed by atoms with van der Waals surface area (Å²) in [5, 5.41) is 15.0. The summed E-state index contributed by atoms with van der Waals surface area (Å²) in [6.07, 6.45) is 7.61. The molecule has 1 aromatic rings. The summed E-state index contributed by atoms with van der Waals surface area (Å²) in [6, 6.07) is 0. The summed E-state index contributed by atoms with van der Waals surface area (Å²) >= 11 is 0. The Morgan fingerprint density at radius 3 is 2.71 bits per heavy atom. The molecule has 3 heteroatoms. The van der Waals surface area contributed by atoms with Crippen molar-refractivity contribution in [1.29, 1.82) is 0 Å². The summed E-state index contributed by atoms with van der Waals surface area (Å²) in [5.74, 6) is 0.598. The molecule has 17 heavy (non-hydrogen) atoms. The number of aliphatic hydroxyl groups is 1. The van der Waals surface area contributed by atoms with Gasteiger partial charge in [0.05, 0.1) is 11.8 Å². The molecule has 1 fully saturated rings. The van der Waals surface area contributed by atoms with E-state index < -0.39 is 5.60 Å². The third-order valence-electron chi connectivity index (χ3n) is 3.73. The lowest BCUT2D eigenvalue weighted by Crippen LogP contribution is -2.43. The van der Waals surface area contributed by atoms with E-state index in [0.717, 1.165) is 24.8 Å². The van der Waals surface area contributed by atoms with Crippen molar-refractivity contribution < 1.29 is 5.11 Å². The predicted octanol–water partition coefficient (Wildman–Crippen LogP) is 2.54. The molecule has 0 radical (unpaired) electrons. The van der Waals surface area contributed by atoms with Gasteiger partial charge in [0.1, 0.15) is 0 Å². The molecule has 2 unspecified atom stereocenters. The quantitative estimate of drug-likeness (QED) is 0.857.